The SMILES string of the molecule is O=NN=C1C(=O)C=C([S+](=O)(O)O)c2cc(N([O-])O)ccc21.[Na+]. The van der Waals surface area contributed by atoms with E-state index >= 15 is 0 Å². The molecule has 0 radical (unpaired) electrons. The molecule has 1 aliphatic carbocycles. The molecular formula is C10H7N3NaO7S+. The topological polar surface area (TPSA) is 163 Å². The Labute approximate surface area is 146 Å². The number of nitrogens with zero attached hydrogens (tertiary/aromatic N) is 3. The van der Waals surface area contributed by atoms with Crippen LogP contribution in [-0.2, 0) is 19.5 Å². The van der Waals surface area contributed by atoms with Crippen molar-refractivity contribution in [1.29, 1.82) is 0 Å². The van der Waals surface area contributed by atoms with Crippen LogP contribution >= 0.6 is 0 Å². The first-order valence-electron chi connectivity index (χ1n) is 5.22. The maximum atomic E-state index is 11.7. The third-order valence-corrected chi connectivity index (χ3v) is 3.58. The predicted octanol–water partition coefficient (Wildman–Crippen LogP) is -1.78. The van der Waals surface area contributed by atoms with Gasteiger partial charge in [0.15, 0.2) is 0 Å². The summed E-state index contributed by atoms with van der Waals surface area (Å²) in [6.45, 7) is 0. The van der Waals surface area contributed by atoms with Crippen LogP contribution in [0.25, 0.3) is 4.91 Å². The molecule has 0 fully saturated rings. The first kappa shape index (κ1) is 18.7. The second-order valence-corrected chi connectivity index (χ2v) is 5.34. The van der Waals surface area contributed by atoms with Gasteiger partial charge in [-0.05, 0) is 22.4 Å². The van der Waals surface area contributed by atoms with E-state index in [9.17, 15) is 28.2 Å². The number of hydrogen-bond donors (Lipinski definition) is 3. The van der Waals surface area contributed by atoms with Crippen LogP contribution in [0.2, 0.25) is 0 Å². The fourth-order valence-electron chi connectivity index (χ4n) is 1.82. The normalized spacial score (nSPS) is 15.7. The van der Waals surface area contributed by atoms with Crippen LogP contribution in [0.15, 0.2) is 34.7 Å². The quantitative estimate of drug-likeness (QED) is 0.252. The van der Waals surface area contributed by atoms with E-state index in [1.807, 2.05) is 0 Å². The largest absolute Gasteiger partial charge is 1.00 e. The minimum atomic E-state index is -4.53. The van der Waals surface area contributed by atoms with Gasteiger partial charge in [0.2, 0.25) is 10.7 Å². The summed E-state index contributed by atoms with van der Waals surface area (Å²) in [6, 6.07) is 3.15. The Kier molecular flexibility index (Phi) is 5.83. The van der Waals surface area contributed by atoms with Gasteiger partial charge in [-0.1, -0.05) is 0 Å². The van der Waals surface area contributed by atoms with Gasteiger partial charge in [0.05, 0.1) is 11.0 Å². The molecule has 12 heteroatoms. The van der Waals surface area contributed by atoms with E-state index in [2.05, 4.69) is 10.4 Å². The van der Waals surface area contributed by atoms with Crippen molar-refractivity contribution in [1.82, 2.24) is 0 Å². The number of ketones is 1. The fraction of sp³-hybridized carbons (Fsp3) is 0. The summed E-state index contributed by atoms with van der Waals surface area (Å²) in [4.78, 5) is 21.3. The van der Waals surface area contributed by atoms with Crippen molar-refractivity contribution in [3.05, 3.63) is 45.5 Å². The van der Waals surface area contributed by atoms with E-state index in [1.165, 1.54) is 0 Å². The molecule has 0 saturated heterocycles. The molecule has 1 aromatic rings. The van der Waals surface area contributed by atoms with Crippen LogP contribution in [0.5, 0.6) is 0 Å². The molecule has 0 amide bonds. The van der Waals surface area contributed by atoms with Crippen molar-refractivity contribution < 1.29 is 52.9 Å². The molecule has 110 valence electrons. The summed E-state index contributed by atoms with van der Waals surface area (Å²) in [6.07, 6.45) is 0.602. The zero-order valence-electron chi connectivity index (χ0n) is 11.0. The van der Waals surface area contributed by atoms with Crippen LogP contribution in [-0.4, -0.2) is 25.8 Å². The molecule has 10 nitrogen and oxygen atoms in total. The van der Waals surface area contributed by atoms with Crippen molar-refractivity contribution in [2.75, 3.05) is 5.23 Å². The van der Waals surface area contributed by atoms with Crippen LogP contribution in [0.4, 0.5) is 5.69 Å². The van der Waals surface area contributed by atoms with Crippen LogP contribution in [0, 0.1) is 10.1 Å². The van der Waals surface area contributed by atoms with Crippen molar-refractivity contribution >= 4 is 32.6 Å². The molecule has 0 spiro atoms. The Bertz CT molecular complexity index is 740. The molecule has 0 aliphatic heterocycles. The number of carbonyl (C=O) groups excluding carboxylic acids is 1. The molecule has 0 bridgehead atoms. The third kappa shape index (κ3) is 3.53. The number of allylic oxidation sites excluding steroid dienone is 1. The molecule has 0 saturated carbocycles. The van der Waals surface area contributed by atoms with Crippen molar-refractivity contribution in [2.24, 2.45) is 10.4 Å². The number of rotatable bonds is 3. The average Bonchev–Trinajstić information content (AvgIpc) is 2.39. The maximum absolute atomic E-state index is 11.7. The van der Waals surface area contributed by atoms with Gasteiger partial charge in [-0.2, -0.15) is 9.11 Å². The molecule has 0 aromatic heterocycles. The summed E-state index contributed by atoms with van der Waals surface area (Å²) < 4.78 is 29.9. The predicted molar refractivity (Wildman–Crippen MR) is 72.7 cm³/mol. The molecule has 2 rings (SSSR count). The van der Waals surface area contributed by atoms with Crippen molar-refractivity contribution in [3.63, 3.8) is 0 Å². The standard InChI is InChI=1S/C10H7N3O7S.Na/c14-8-4-9(21(18,19)20)7-3-5(13(16)17)1-2-6(7)10(8)11-12-15;/h1-4,16H,(H2,18,19,20);/q;+1. The molecule has 22 heavy (non-hydrogen) atoms. The number of hydrogen-bond acceptors (Lipinski definition) is 7. The summed E-state index contributed by atoms with van der Waals surface area (Å²) in [5.41, 5.74) is -1.04. The van der Waals surface area contributed by atoms with Gasteiger partial charge in [-0.15, -0.1) is 10.0 Å². The average molecular weight is 336 g/mol. The number of benzene rings is 1. The van der Waals surface area contributed by atoms with Gasteiger partial charge >= 0.3 is 40.1 Å². The summed E-state index contributed by atoms with van der Waals surface area (Å²) in [7, 11) is -4.53. The number of fused-ring (bicyclic) bond motifs is 1. The smallest absolute Gasteiger partial charge is 0.733 e. The zero-order valence-corrected chi connectivity index (χ0v) is 13.9. The Morgan fingerprint density at radius 2 is 1.86 bits per heavy atom. The second-order valence-electron chi connectivity index (χ2n) is 3.90. The molecule has 1 aliphatic rings. The Morgan fingerprint density at radius 1 is 1.23 bits per heavy atom. The van der Waals surface area contributed by atoms with Gasteiger partial charge in [0.25, 0.3) is 0 Å². The van der Waals surface area contributed by atoms with Crippen LogP contribution in [0.1, 0.15) is 11.1 Å². The van der Waals surface area contributed by atoms with E-state index < -0.39 is 32.1 Å². The van der Waals surface area contributed by atoms with E-state index in [1.54, 1.807) is 0 Å². The molecule has 1 aromatic carbocycles. The van der Waals surface area contributed by atoms with E-state index in [0.717, 1.165) is 18.2 Å². The molecular weight excluding hydrogens is 329 g/mol. The Morgan fingerprint density at radius 3 is 2.36 bits per heavy atom. The van der Waals surface area contributed by atoms with Gasteiger partial charge in [0, 0.05) is 17.2 Å². The van der Waals surface area contributed by atoms with Crippen LogP contribution in [0.3, 0.4) is 0 Å². The first-order chi connectivity index (χ1) is 9.75. The third-order valence-electron chi connectivity index (χ3n) is 2.67. The van der Waals surface area contributed by atoms with Crippen molar-refractivity contribution in [3.8, 4) is 0 Å². The van der Waals surface area contributed by atoms with Crippen molar-refractivity contribution in [2.45, 2.75) is 0 Å². The van der Waals surface area contributed by atoms with Gasteiger partial charge in [-0.3, -0.25) is 10.0 Å². The monoisotopic (exact) mass is 336 g/mol. The van der Waals surface area contributed by atoms with E-state index in [0.29, 0.717) is 6.08 Å². The van der Waals surface area contributed by atoms with E-state index in [4.69, 9.17) is 5.21 Å². The summed E-state index contributed by atoms with van der Waals surface area (Å²) >= 11 is 0. The second kappa shape index (κ2) is 6.85. The Hall–Kier alpha value is -1.31. The van der Waals surface area contributed by atoms with Crippen LogP contribution < -0.4 is 34.8 Å². The maximum Gasteiger partial charge on any atom is 1.00 e. The molecule has 3 N–H and O–H groups in total. The number of carbonyl (C=O) groups is 1. The molecule has 0 atom stereocenters. The minimum Gasteiger partial charge on any atom is -0.733 e. The Balaban J connectivity index is 0.00000242. The minimum absolute atomic E-state index is 0. The summed E-state index contributed by atoms with van der Waals surface area (Å²) in [5.74, 6) is -0.913. The summed E-state index contributed by atoms with van der Waals surface area (Å²) in [5, 5.41) is 24.5. The number of anilines is 1. The van der Waals surface area contributed by atoms with Gasteiger partial charge in [-0.25, -0.2) is 0 Å². The molecule has 0 unspecified atom stereocenters. The zero-order chi connectivity index (χ0) is 15.8. The molecule has 0 heterocycles. The van der Waals surface area contributed by atoms with Gasteiger partial charge < -0.3 is 10.4 Å². The fourth-order valence-corrected chi connectivity index (χ4v) is 2.54. The van der Waals surface area contributed by atoms with Gasteiger partial charge in [0.1, 0.15) is 5.71 Å². The number of nitroso groups, excluding NO2 is 1. The van der Waals surface area contributed by atoms with E-state index in [-0.39, 0.29) is 46.4 Å². The first-order valence-corrected chi connectivity index (χ1v) is 6.69.